The van der Waals surface area contributed by atoms with E-state index in [1.807, 2.05) is 18.3 Å². The maximum Gasteiger partial charge on any atom is 0.264 e. The van der Waals surface area contributed by atoms with Crippen LogP contribution in [0.5, 0.6) is 0 Å². The van der Waals surface area contributed by atoms with Gasteiger partial charge in [0.15, 0.2) is 5.82 Å². The number of carbonyl (C=O) groups is 1. The quantitative estimate of drug-likeness (QED) is 0.664. The largest absolute Gasteiger partial charge is 0.382 e. The van der Waals surface area contributed by atoms with Crippen molar-refractivity contribution in [2.45, 2.75) is 19.8 Å². The summed E-state index contributed by atoms with van der Waals surface area (Å²) in [6.07, 6.45) is 6.11. The summed E-state index contributed by atoms with van der Waals surface area (Å²) in [4.78, 5) is 23.0. The molecule has 2 saturated heterocycles. The summed E-state index contributed by atoms with van der Waals surface area (Å²) in [5, 5.41) is 7.88. The maximum absolute atomic E-state index is 13.7. The molecule has 2 fully saturated rings. The Bertz CT molecular complexity index is 1080. The van der Waals surface area contributed by atoms with Gasteiger partial charge in [-0.2, -0.15) is 0 Å². The molecule has 4 heterocycles. The molecule has 2 N–H and O–H groups in total. The van der Waals surface area contributed by atoms with Crippen LogP contribution in [0.2, 0.25) is 0 Å². The zero-order chi connectivity index (χ0) is 21.2. The van der Waals surface area contributed by atoms with Crippen molar-refractivity contribution < 1.29 is 4.79 Å². The average Bonchev–Trinajstić information content (AvgIpc) is 3.49. The molecule has 0 unspecified atom stereocenters. The van der Waals surface area contributed by atoms with Gasteiger partial charge in [0.1, 0.15) is 0 Å². The number of aromatic nitrogens is 2. The zero-order valence-electron chi connectivity index (χ0n) is 18.1. The first-order valence-electron chi connectivity index (χ1n) is 11.4. The molecule has 1 aromatic carbocycles. The number of pyridine rings is 1. The number of rotatable bonds is 5. The summed E-state index contributed by atoms with van der Waals surface area (Å²) in [5.41, 5.74) is 3.64. The van der Waals surface area contributed by atoms with E-state index >= 15 is 0 Å². The molecular weight excluding hydrogens is 388 g/mol. The molecule has 2 aliphatic rings. The summed E-state index contributed by atoms with van der Waals surface area (Å²) in [6.45, 7) is 8.57. The number of benzene rings is 1. The monoisotopic (exact) mass is 418 g/mol. The van der Waals surface area contributed by atoms with Crippen LogP contribution in [0, 0.1) is 0 Å². The predicted octanol–water partition coefficient (Wildman–Crippen LogP) is 3.17. The molecule has 3 aromatic rings. The lowest BCUT2D eigenvalue weighted by Crippen LogP contribution is -2.44. The van der Waals surface area contributed by atoms with E-state index in [0.29, 0.717) is 5.56 Å². The fraction of sp³-hybridized carbons (Fsp3) is 0.417. The van der Waals surface area contributed by atoms with Gasteiger partial charge in [-0.25, -0.2) is 4.98 Å². The van der Waals surface area contributed by atoms with Gasteiger partial charge in [0.05, 0.1) is 16.8 Å². The van der Waals surface area contributed by atoms with Gasteiger partial charge in [-0.05, 0) is 44.0 Å². The van der Waals surface area contributed by atoms with Crippen LogP contribution in [0.1, 0.15) is 30.1 Å². The molecule has 2 aromatic heterocycles. The van der Waals surface area contributed by atoms with E-state index in [9.17, 15) is 4.79 Å². The fourth-order valence-corrected chi connectivity index (χ4v) is 4.69. The Morgan fingerprint density at radius 1 is 1.06 bits per heavy atom. The summed E-state index contributed by atoms with van der Waals surface area (Å²) < 4.78 is 1.78. The molecule has 0 amide bonds. The summed E-state index contributed by atoms with van der Waals surface area (Å²) in [6, 6.07) is 10.3. The van der Waals surface area contributed by atoms with Crippen LogP contribution in [0.15, 0.2) is 42.7 Å². The Morgan fingerprint density at radius 3 is 2.65 bits per heavy atom. The van der Waals surface area contributed by atoms with Crippen molar-refractivity contribution in [1.82, 2.24) is 14.9 Å². The molecule has 0 bridgehead atoms. The third-order valence-electron chi connectivity index (χ3n) is 6.30. The van der Waals surface area contributed by atoms with Crippen molar-refractivity contribution in [2.24, 2.45) is 0 Å². The van der Waals surface area contributed by atoms with Crippen molar-refractivity contribution >= 4 is 34.0 Å². The second-order valence-corrected chi connectivity index (χ2v) is 8.25. The molecule has 5 rings (SSSR count). The standard InChI is InChI=1S/C24H30N6O/c1-2-26-22-20(7-9-27-23(22)29-15-10-25-11-16-29)24(31)30-14-8-18-5-6-19(17-21(18)30)28-12-3-4-13-28/h5-9,14,17,25-26H,2-4,10-13,15-16H2,1H3. The van der Waals surface area contributed by atoms with Crippen molar-refractivity contribution in [3.63, 3.8) is 0 Å². The van der Waals surface area contributed by atoms with Gasteiger partial charge in [-0.15, -0.1) is 0 Å². The van der Waals surface area contributed by atoms with E-state index in [4.69, 9.17) is 0 Å². The van der Waals surface area contributed by atoms with Crippen LogP contribution in [-0.2, 0) is 0 Å². The van der Waals surface area contributed by atoms with Gasteiger partial charge in [-0.1, -0.05) is 6.07 Å². The van der Waals surface area contributed by atoms with Gasteiger partial charge in [-0.3, -0.25) is 9.36 Å². The number of fused-ring (bicyclic) bond motifs is 1. The Balaban J connectivity index is 1.55. The van der Waals surface area contributed by atoms with Crippen molar-refractivity contribution in [3.8, 4) is 0 Å². The average molecular weight is 419 g/mol. The number of nitrogens with one attached hydrogen (secondary N) is 2. The lowest BCUT2D eigenvalue weighted by atomic mass is 10.1. The molecule has 0 saturated carbocycles. The topological polar surface area (TPSA) is 65.4 Å². The number of hydrogen-bond acceptors (Lipinski definition) is 6. The number of piperazine rings is 1. The zero-order valence-corrected chi connectivity index (χ0v) is 18.1. The van der Waals surface area contributed by atoms with Crippen LogP contribution >= 0.6 is 0 Å². The van der Waals surface area contributed by atoms with Crippen molar-refractivity contribution in [2.75, 3.05) is 60.9 Å². The van der Waals surface area contributed by atoms with Crippen LogP contribution in [-0.4, -0.2) is 61.3 Å². The fourth-order valence-electron chi connectivity index (χ4n) is 4.69. The third kappa shape index (κ3) is 3.74. The highest BCUT2D eigenvalue weighted by molar-refractivity contribution is 6.07. The second kappa shape index (κ2) is 8.59. The Labute approximate surface area is 183 Å². The SMILES string of the molecule is CCNc1c(C(=O)n2ccc3ccc(N4CCCC4)cc32)ccnc1N1CCNCC1. The molecule has 0 spiro atoms. The highest BCUT2D eigenvalue weighted by atomic mass is 16.2. The van der Waals surface area contributed by atoms with Gasteiger partial charge in [0.2, 0.25) is 0 Å². The van der Waals surface area contributed by atoms with Crippen molar-refractivity contribution in [1.29, 1.82) is 0 Å². The van der Waals surface area contributed by atoms with E-state index in [2.05, 4.69) is 50.5 Å². The predicted molar refractivity (Wildman–Crippen MR) is 127 cm³/mol. The Hall–Kier alpha value is -3.06. The summed E-state index contributed by atoms with van der Waals surface area (Å²) >= 11 is 0. The minimum Gasteiger partial charge on any atom is -0.382 e. The van der Waals surface area contributed by atoms with E-state index < -0.39 is 0 Å². The lowest BCUT2D eigenvalue weighted by Gasteiger charge is -2.30. The van der Waals surface area contributed by atoms with Gasteiger partial charge < -0.3 is 20.4 Å². The molecule has 0 radical (unpaired) electrons. The van der Waals surface area contributed by atoms with Gasteiger partial charge >= 0.3 is 0 Å². The first-order chi connectivity index (χ1) is 15.3. The van der Waals surface area contributed by atoms with Crippen LogP contribution < -0.4 is 20.4 Å². The second-order valence-electron chi connectivity index (χ2n) is 8.25. The van der Waals surface area contributed by atoms with E-state index in [1.165, 1.54) is 18.5 Å². The number of carbonyl (C=O) groups excluding carboxylic acids is 1. The molecule has 31 heavy (non-hydrogen) atoms. The van der Waals surface area contributed by atoms with Gasteiger partial charge in [0.25, 0.3) is 5.91 Å². The first kappa shape index (κ1) is 19.9. The highest BCUT2D eigenvalue weighted by Gasteiger charge is 2.23. The first-order valence-corrected chi connectivity index (χ1v) is 11.4. The summed E-state index contributed by atoms with van der Waals surface area (Å²) in [7, 11) is 0. The van der Waals surface area contributed by atoms with Crippen LogP contribution in [0.25, 0.3) is 10.9 Å². The van der Waals surface area contributed by atoms with Gasteiger partial charge in [0, 0.05) is 69.3 Å². The Kier molecular flexibility index (Phi) is 5.51. The highest BCUT2D eigenvalue weighted by Crippen LogP contribution is 2.31. The van der Waals surface area contributed by atoms with E-state index in [0.717, 1.165) is 68.2 Å². The summed E-state index contributed by atoms with van der Waals surface area (Å²) in [5.74, 6) is 0.840. The molecule has 0 aliphatic carbocycles. The molecule has 7 nitrogen and oxygen atoms in total. The number of nitrogens with zero attached hydrogens (tertiary/aromatic N) is 4. The number of anilines is 3. The molecule has 162 valence electrons. The molecular formula is C24H30N6O. The van der Waals surface area contributed by atoms with Crippen LogP contribution in [0.3, 0.4) is 0 Å². The molecule has 7 heteroatoms. The van der Waals surface area contributed by atoms with E-state index in [1.54, 1.807) is 10.8 Å². The normalized spacial score (nSPS) is 16.8. The molecule has 0 atom stereocenters. The Morgan fingerprint density at radius 2 is 1.87 bits per heavy atom. The van der Waals surface area contributed by atoms with Crippen LogP contribution in [0.4, 0.5) is 17.2 Å². The minimum atomic E-state index is -0.0247. The van der Waals surface area contributed by atoms with E-state index in [-0.39, 0.29) is 5.91 Å². The number of hydrogen-bond donors (Lipinski definition) is 2. The maximum atomic E-state index is 13.7. The van der Waals surface area contributed by atoms with Crippen molar-refractivity contribution in [3.05, 3.63) is 48.3 Å². The third-order valence-corrected chi connectivity index (χ3v) is 6.30. The minimum absolute atomic E-state index is 0.0247. The smallest absolute Gasteiger partial charge is 0.264 e. The lowest BCUT2D eigenvalue weighted by molar-refractivity contribution is 0.0965. The molecule has 2 aliphatic heterocycles.